The lowest BCUT2D eigenvalue weighted by Crippen LogP contribution is -2.36. The van der Waals surface area contributed by atoms with Crippen molar-refractivity contribution in [2.24, 2.45) is 0 Å². The van der Waals surface area contributed by atoms with Crippen LogP contribution in [0, 0.1) is 0 Å². The van der Waals surface area contributed by atoms with Crippen molar-refractivity contribution in [3.63, 3.8) is 0 Å². The van der Waals surface area contributed by atoms with E-state index in [1.807, 2.05) is 16.3 Å². The predicted molar refractivity (Wildman–Crippen MR) is 90.8 cm³/mol. The minimum atomic E-state index is 0.226. The SMILES string of the molecule is O=C(Cc1ccsc1)N1CCCN(Cc2nnc(C3CC3)o2)CC1. The number of carbonyl (C=O) groups is 1. The summed E-state index contributed by atoms with van der Waals surface area (Å²) in [5.41, 5.74) is 1.12. The lowest BCUT2D eigenvalue weighted by molar-refractivity contribution is -0.130. The van der Waals surface area contributed by atoms with Crippen molar-refractivity contribution in [3.8, 4) is 0 Å². The van der Waals surface area contributed by atoms with E-state index in [1.54, 1.807) is 11.3 Å². The third-order valence-corrected chi connectivity index (χ3v) is 5.38. The fraction of sp³-hybridized carbons (Fsp3) is 0.588. The molecule has 1 amide bonds. The van der Waals surface area contributed by atoms with E-state index in [1.165, 1.54) is 12.8 Å². The monoisotopic (exact) mass is 346 g/mol. The van der Waals surface area contributed by atoms with Gasteiger partial charge in [-0.15, -0.1) is 10.2 Å². The van der Waals surface area contributed by atoms with Crippen molar-refractivity contribution in [1.29, 1.82) is 0 Å². The van der Waals surface area contributed by atoms with E-state index >= 15 is 0 Å². The summed E-state index contributed by atoms with van der Waals surface area (Å²) in [6.07, 6.45) is 3.84. The number of hydrogen-bond donors (Lipinski definition) is 0. The van der Waals surface area contributed by atoms with Crippen LogP contribution in [0.3, 0.4) is 0 Å². The molecule has 0 spiro atoms. The van der Waals surface area contributed by atoms with Crippen LogP contribution >= 0.6 is 11.3 Å². The van der Waals surface area contributed by atoms with Crippen LogP contribution < -0.4 is 0 Å². The number of carbonyl (C=O) groups excluding carboxylic acids is 1. The van der Waals surface area contributed by atoms with Gasteiger partial charge in [-0.05, 0) is 41.7 Å². The number of nitrogens with zero attached hydrogens (tertiary/aromatic N) is 4. The fourth-order valence-corrected chi connectivity index (χ4v) is 3.74. The van der Waals surface area contributed by atoms with Gasteiger partial charge >= 0.3 is 0 Å². The first kappa shape index (κ1) is 15.8. The second kappa shape index (κ2) is 7.03. The van der Waals surface area contributed by atoms with Crippen molar-refractivity contribution >= 4 is 17.2 Å². The van der Waals surface area contributed by atoms with E-state index in [2.05, 4.69) is 20.5 Å². The zero-order valence-corrected chi connectivity index (χ0v) is 14.5. The van der Waals surface area contributed by atoms with Crippen LogP contribution in [-0.2, 0) is 17.8 Å². The summed E-state index contributed by atoms with van der Waals surface area (Å²) < 4.78 is 5.75. The molecular formula is C17H22N4O2S. The van der Waals surface area contributed by atoms with Crippen LogP contribution in [0.1, 0.15) is 42.5 Å². The van der Waals surface area contributed by atoms with Gasteiger partial charge < -0.3 is 9.32 Å². The highest BCUT2D eigenvalue weighted by atomic mass is 32.1. The van der Waals surface area contributed by atoms with Crippen LogP contribution in [0.15, 0.2) is 21.2 Å². The quantitative estimate of drug-likeness (QED) is 0.831. The Morgan fingerprint density at radius 3 is 2.96 bits per heavy atom. The van der Waals surface area contributed by atoms with Crippen molar-refractivity contribution < 1.29 is 9.21 Å². The number of aromatic nitrogens is 2. The van der Waals surface area contributed by atoms with Crippen LogP contribution in [0.4, 0.5) is 0 Å². The van der Waals surface area contributed by atoms with Gasteiger partial charge in [0.2, 0.25) is 17.7 Å². The van der Waals surface area contributed by atoms with E-state index in [-0.39, 0.29) is 5.91 Å². The van der Waals surface area contributed by atoms with Gasteiger partial charge in [-0.2, -0.15) is 11.3 Å². The average molecular weight is 346 g/mol. The molecular weight excluding hydrogens is 324 g/mol. The lowest BCUT2D eigenvalue weighted by atomic mass is 10.2. The standard InChI is InChI=1S/C17H22N4O2S/c22-16(10-13-4-9-24-12-13)21-6-1-5-20(7-8-21)11-15-18-19-17(23-15)14-2-3-14/h4,9,12,14H,1-3,5-8,10-11H2. The first-order chi connectivity index (χ1) is 11.8. The Bertz CT molecular complexity index is 681. The molecule has 1 saturated heterocycles. The average Bonchev–Trinajstić information content (AvgIpc) is 3.20. The number of amides is 1. The summed E-state index contributed by atoms with van der Waals surface area (Å²) in [6.45, 7) is 4.11. The molecule has 0 unspecified atom stereocenters. The van der Waals surface area contributed by atoms with Crippen molar-refractivity contribution in [2.45, 2.75) is 38.1 Å². The summed E-state index contributed by atoms with van der Waals surface area (Å²) in [4.78, 5) is 16.7. The van der Waals surface area contributed by atoms with Crippen molar-refractivity contribution in [2.75, 3.05) is 26.2 Å². The molecule has 7 heteroatoms. The van der Waals surface area contributed by atoms with Gasteiger partial charge in [-0.3, -0.25) is 9.69 Å². The lowest BCUT2D eigenvalue weighted by Gasteiger charge is -2.21. The molecule has 2 aromatic heterocycles. The molecule has 3 heterocycles. The van der Waals surface area contributed by atoms with E-state index in [4.69, 9.17) is 4.42 Å². The topological polar surface area (TPSA) is 62.5 Å². The Hall–Kier alpha value is -1.73. The fourth-order valence-electron chi connectivity index (χ4n) is 3.08. The summed E-state index contributed by atoms with van der Waals surface area (Å²) in [5, 5.41) is 12.4. The van der Waals surface area contributed by atoms with Gasteiger partial charge in [0.25, 0.3) is 0 Å². The maximum absolute atomic E-state index is 12.4. The van der Waals surface area contributed by atoms with Gasteiger partial charge in [0, 0.05) is 32.1 Å². The number of thiophene rings is 1. The maximum atomic E-state index is 12.4. The maximum Gasteiger partial charge on any atom is 0.230 e. The summed E-state index contributed by atoms with van der Waals surface area (Å²) >= 11 is 1.64. The molecule has 1 aliphatic carbocycles. The van der Waals surface area contributed by atoms with E-state index < -0.39 is 0 Å². The zero-order chi connectivity index (χ0) is 16.4. The normalized spacial score (nSPS) is 19.4. The molecule has 0 N–H and O–H groups in total. The zero-order valence-electron chi connectivity index (χ0n) is 13.7. The third-order valence-electron chi connectivity index (χ3n) is 4.64. The minimum absolute atomic E-state index is 0.226. The van der Waals surface area contributed by atoms with Crippen LogP contribution in [0.2, 0.25) is 0 Å². The van der Waals surface area contributed by atoms with Gasteiger partial charge in [0.05, 0.1) is 13.0 Å². The van der Waals surface area contributed by atoms with Gasteiger partial charge in [0.15, 0.2) is 0 Å². The van der Waals surface area contributed by atoms with E-state index in [0.29, 0.717) is 24.8 Å². The first-order valence-electron chi connectivity index (χ1n) is 8.61. The molecule has 0 radical (unpaired) electrons. The third kappa shape index (κ3) is 3.84. The summed E-state index contributed by atoms with van der Waals surface area (Å²) in [7, 11) is 0. The molecule has 0 atom stereocenters. The Labute approximate surface area is 145 Å². The molecule has 0 bridgehead atoms. The highest BCUT2D eigenvalue weighted by molar-refractivity contribution is 7.07. The second-order valence-corrected chi connectivity index (χ2v) is 7.41. The molecule has 6 nitrogen and oxygen atoms in total. The Balaban J connectivity index is 1.29. The molecule has 2 aliphatic rings. The van der Waals surface area contributed by atoms with Crippen LogP contribution in [0.5, 0.6) is 0 Å². The summed E-state index contributed by atoms with van der Waals surface area (Å²) in [6, 6.07) is 2.03. The second-order valence-electron chi connectivity index (χ2n) is 6.63. The van der Waals surface area contributed by atoms with Crippen molar-refractivity contribution in [3.05, 3.63) is 34.2 Å². The molecule has 1 saturated carbocycles. The number of rotatable bonds is 5. The Morgan fingerprint density at radius 2 is 2.17 bits per heavy atom. The highest BCUT2D eigenvalue weighted by Crippen LogP contribution is 2.39. The molecule has 0 aromatic carbocycles. The Kier molecular flexibility index (Phi) is 4.62. The van der Waals surface area contributed by atoms with Crippen LogP contribution in [-0.4, -0.2) is 52.1 Å². The van der Waals surface area contributed by atoms with Gasteiger partial charge in [-0.1, -0.05) is 0 Å². The predicted octanol–water partition coefficient (Wildman–Crippen LogP) is 2.29. The van der Waals surface area contributed by atoms with Gasteiger partial charge in [0.1, 0.15) is 0 Å². The Morgan fingerprint density at radius 1 is 1.25 bits per heavy atom. The van der Waals surface area contributed by atoms with Crippen molar-refractivity contribution in [1.82, 2.24) is 20.0 Å². The first-order valence-corrected chi connectivity index (χ1v) is 9.56. The molecule has 4 rings (SSSR count). The van der Waals surface area contributed by atoms with E-state index in [9.17, 15) is 4.79 Å². The largest absolute Gasteiger partial charge is 0.424 e. The highest BCUT2D eigenvalue weighted by Gasteiger charge is 2.29. The van der Waals surface area contributed by atoms with Crippen LogP contribution in [0.25, 0.3) is 0 Å². The smallest absolute Gasteiger partial charge is 0.230 e. The molecule has 2 aromatic rings. The molecule has 2 fully saturated rings. The molecule has 1 aliphatic heterocycles. The van der Waals surface area contributed by atoms with E-state index in [0.717, 1.165) is 44.1 Å². The van der Waals surface area contributed by atoms with Gasteiger partial charge in [-0.25, -0.2) is 0 Å². The summed E-state index contributed by atoms with van der Waals surface area (Å²) in [5.74, 6) is 2.23. The minimum Gasteiger partial charge on any atom is -0.424 e. The number of hydrogen-bond acceptors (Lipinski definition) is 6. The molecule has 24 heavy (non-hydrogen) atoms. The molecule has 128 valence electrons.